The molecule has 0 saturated heterocycles. The Hall–Kier alpha value is -1.62. The van der Waals surface area contributed by atoms with Crippen LogP contribution in [0.5, 0.6) is 5.88 Å². The molecule has 1 rings (SSSR count). The van der Waals surface area contributed by atoms with E-state index >= 15 is 0 Å². The molecule has 0 bridgehead atoms. The number of carbonyl (C=O) groups excluding carboxylic acids is 1. The van der Waals surface area contributed by atoms with Gasteiger partial charge in [0, 0.05) is 13.2 Å². The van der Waals surface area contributed by atoms with Gasteiger partial charge in [0.05, 0.1) is 18.0 Å². The van der Waals surface area contributed by atoms with Crippen molar-refractivity contribution in [3.05, 3.63) is 17.8 Å². The normalized spacial score (nSPS) is 11.9. The molecule has 1 aromatic heterocycles. The molecule has 1 heterocycles. The summed E-state index contributed by atoms with van der Waals surface area (Å²) in [5, 5.41) is 3.00. The van der Waals surface area contributed by atoms with E-state index < -0.39 is 5.60 Å². The number of aromatic nitrogens is 1. The molecule has 5 heteroatoms. The molecule has 0 aliphatic heterocycles. The van der Waals surface area contributed by atoms with E-state index in [4.69, 9.17) is 9.47 Å². The van der Waals surface area contributed by atoms with E-state index in [9.17, 15) is 4.79 Å². The third-order valence-corrected chi connectivity index (χ3v) is 3.88. The van der Waals surface area contributed by atoms with Crippen molar-refractivity contribution < 1.29 is 14.3 Å². The smallest absolute Gasteiger partial charge is 0.256 e. The zero-order valence-electron chi connectivity index (χ0n) is 16.1. The molecule has 0 fully saturated rings. The molecule has 0 aliphatic carbocycles. The fourth-order valence-electron chi connectivity index (χ4n) is 2.98. The Morgan fingerprint density at radius 1 is 1.21 bits per heavy atom. The highest BCUT2D eigenvalue weighted by Gasteiger charge is 2.39. The topological polar surface area (TPSA) is 60.5 Å². The third kappa shape index (κ3) is 5.48. The van der Waals surface area contributed by atoms with Crippen molar-refractivity contribution in [1.29, 1.82) is 0 Å². The van der Waals surface area contributed by atoms with Gasteiger partial charge in [0.15, 0.2) is 0 Å². The fraction of sp³-hybridized carbons (Fsp3) is 0.684. The molecule has 0 saturated carbocycles. The molecule has 1 N–H and O–H groups in total. The van der Waals surface area contributed by atoms with Crippen molar-refractivity contribution in [3.63, 3.8) is 0 Å². The minimum absolute atomic E-state index is 0.110. The number of nitrogens with one attached hydrogen (secondary N) is 1. The molecule has 1 amide bonds. The van der Waals surface area contributed by atoms with Crippen molar-refractivity contribution in [2.75, 3.05) is 19.0 Å². The summed E-state index contributed by atoms with van der Waals surface area (Å²) in [5.41, 5.74) is 0.596. The van der Waals surface area contributed by atoms with Gasteiger partial charge >= 0.3 is 0 Å². The number of ether oxygens (including phenoxy) is 2. The van der Waals surface area contributed by atoms with E-state index in [1.807, 2.05) is 19.9 Å². The van der Waals surface area contributed by atoms with Crippen molar-refractivity contribution in [1.82, 2.24) is 4.98 Å². The molecule has 0 aliphatic rings. The molecule has 24 heavy (non-hydrogen) atoms. The predicted octanol–water partition coefficient (Wildman–Crippen LogP) is 4.20. The highest BCUT2D eigenvalue weighted by atomic mass is 16.5. The number of anilines is 1. The first kappa shape index (κ1) is 20.4. The lowest BCUT2D eigenvalue weighted by Crippen LogP contribution is -2.47. The summed E-state index contributed by atoms with van der Waals surface area (Å²) in [6.45, 7) is 12.7. The van der Waals surface area contributed by atoms with Crippen molar-refractivity contribution in [2.45, 2.75) is 60.0 Å². The van der Waals surface area contributed by atoms with Gasteiger partial charge in [-0.05, 0) is 44.6 Å². The van der Waals surface area contributed by atoms with Crippen LogP contribution < -0.4 is 10.1 Å². The van der Waals surface area contributed by atoms with Crippen LogP contribution in [0.1, 0.15) is 53.2 Å². The Bertz CT molecular complexity index is 531. The van der Waals surface area contributed by atoms with Gasteiger partial charge in [-0.25, -0.2) is 4.98 Å². The molecule has 1 aromatic rings. The average Bonchev–Trinajstić information content (AvgIpc) is 2.48. The monoisotopic (exact) mass is 336 g/mol. The van der Waals surface area contributed by atoms with E-state index in [-0.39, 0.29) is 5.91 Å². The van der Waals surface area contributed by atoms with Crippen molar-refractivity contribution in [3.8, 4) is 5.88 Å². The molecule has 5 nitrogen and oxygen atoms in total. The van der Waals surface area contributed by atoms with Gasteiger partial charge in [0.25, 0.3) is 5.91 Å². The molecule has 0 unspecified atom stereocenters. The summed E-state index contributed by atoms with van der Waals surface area (Å²) < 4.78 is 11.1. The van der Waals surface area contributed by atoms with E-state index in [1.165, 1.54) is 0 Å². The predicted molar refractivity (Wildman–Crippen MR) is 97.4 cm³/mol. The second-order valence-corrected chi connectivity index (χ2v) is 7.06. The molecule has 0 radical (unpaired) electrons. The Labute approximate surface area is 146 Å². The van der Waals surface area contributed by atoms with Crippen LogP contribution in [0.3, 0.4) is 0 Å². The SMILES string of the molecule is CCOc1ccc(NC(=O)C(CC(C)C)(CC(C)C)OC)c(C)n1. The summed E-state index contributed by atoms with van der Waals surface area (Å²) in [4.78, 5) is 17.4. The van der Waals surface area contributed by atoms with Crippen LogP contribution in [0.15, 0.2) is 12.1 Å². The summed E-state index contributed by atoms with van der Waals surface area (Å²) in [6, 6.07) is 3.60. The molecular formula is C19H32N2O3. The van der Waals surface area contributed by atoms with Gasteiger partial charge in [-0.15, -0.1) is 0 Å². The number of nitrogens with zero attached hydrogens (tertiary/aromatic N) is 1. The van der Waals surface area contributed by atoms with E-state index in [1.54, 1.807) is 13.2 Å². The number of rotatable bonds is 9. The summed E-state index contributed by atoms with van der Waals surface area (Å²) in [7, 11) is 1.62. The van der Waals surface area contributed by atoms with Gasteiger partial charge in [0.1, 0.15) is 5.60 Å². The van der Waals surface area contributed by atoms with Crippen LogP contribution >= 0.6 is 0 Å². The zero-order valence-corrected chi connectivity index (χ0v) is 16.1. The van der Waals surface area contributed by atoms with Crippen LogP contribution in [0.25, 0.3) is 0 Å². The van der Waals surface area contributed by atoms with Gasteiger partial charge in [-0.2, -0.15) is 0 Å². The molecule has 0 spiro atoms. The van der Waals surface area contributed by atoms with E-state index in [2.05, 4.69) is 38.0 Å². The minimum atomic E-state index is -0.826. The highest BCUT2D eigenvalue weighted by molar-refractivity contribution is 5.97. The maximum atomic E-state index is 13.0. The number of aryl methyl sites for hydroxylation is 1. The Balaban J connectivity index is 3.03. The van der Waals surface area contributed by atoms with Crippen LogP contribution in [-0.4, -0.2) is 30.2 Å². The maximum Gasteiger partial charge on any atom is 0.256 e. The number of carbonyl (C=O) groups is 1. The molecular weight excluding hydrogens is 304 g/mol. The summed E-state index contributed by atoms with van der Waals surface area (Å²) in [5.74, 6) is 1.17. The summed E-state index contributed by atoms with van der Waals surface area (Å²) >= 11 is 0. The van der Waals surface area contributed by atoms with Gasteiger partial charge in [0.2, 0.25) is 5.88 Å². The minimum Gasteiger partial charge on any atom is -0.478 e. The van der Waals surface area contributed by atoms with Crippen LogP contribution in [0.2, 0.25) is 0 Å². The van der Waals surface area contributed by atoms with Crippen LogP contribution in [0, 0.1) is 18.8 Å². The number of amides is 1. The first-order valence-electron chi connectivity index (χ1n) is 8.71. The Kier molecular flexibility index (Phi) is 7.67. The second-order valence-electron chi connectivity index (χ2n) is 7.06. The van der Waals surface area contributed by atoms with Gasteiger partial charge < -0.3 is 14.8 Å². The standard InChI is InChI=1S/C19H32N2O3/c1-8-24-17-10-9-16(15(6)20-17)21-18(22)19(23-7,11-13(2)3)12-14(4)5/h9-10,13-14H,8,11-12H2,1-7H3,(H,21,22). The number of pyridine rings is 1. The largest absolute Gasteiger partial charge is 0.478 e. The van der Waals surface area contributed by atoms with Crippen LogP contribution in [-0.2, 0) is 9.53 Å². The van der Waals surface area contributed by atoms with Crippen LogP contribution in [0.4, 0.5) is 5.69 Å². The first-order valence-corrected chi connectivity index (χ1v) is 8.71. The zero-order chi connectivity index (χ0) is 18.3. The lowest BCUT2D eigenvalue weighted by atomic mass is 9.84. The summed E-state index contributed by atoms with van der Waals surface area (Å²) in [6.07, 6.45) is 1.36. The molecule has 0 aromatic carbocycles. The third-order valence-electron chi connectivity index (χ3n) is 3.88. The van der Waals surface area contributed by atoms with Crippen molar-refractivity contribution in [2.24, 2.45) is 11.8 Å². The fourth-order valence-corrected chi connectivity index (χ4v) is 2.98. The Morgan fingerprint density at radius 3 is 2.21 bits per heavy atom. The number of hydrogen-bond acceptors (Lipinski definition) is 4. The quantitative estimate of drug-likeness (QED) is 0.734. The maximum absolute atomic E-state index is 13.0. The van der Waals surface area contributed by atoms with Gasteiger partial charge in [-0.1, -0.05) is 27.7 Å². The van der Waals surface area contributed by atoms with E-state index in [0.29, 0.717) is 42.9 Å². The molecule has 0 atom stereocenters. The average molecular weight is 336 g/mol. The van der Waals surface area contributed by atoms with Gasteiger partial charge in [-0.3, -0.25) is 4.79 Å². The first-order chi connectivity index (χ1) is 11.2. The molecule has 136 valence electrons. The lowest BCUT2D eigenvalue weighted by Gasteiger charge is -2.34. The number of methoxy groups -OCH3 is 1. The second kappa shape index (κ2) is 9.02. The highest BCUT2D eigenvalue weighted by Crippen LogP contribution is 2.30. The number of hydrogen-bond donors (Lipinski definition) is 1. The van der Waals surface area contributed by atoms with Crippen molar-refractivity contribution >= 4 is 11.6 Å². The van der Waals surface area contributed by atoms with E-state index in [0.717, 1.165) is 5.69 Å². The Morgan fingerprint density at radius 2 is 1.79 bits per heavy atom. The lowest BCUT2D eigenvalue weighted by molar-refractivity contribution is -0.142.